The fourth-order valence-corrected chi connectivity index (χ4v) is 16.5. The van der Waals surface area contributed by atoms with E-state index in [-0.39, 0.29) is 102 Å². The van der Waals surface area contributed by atoms with Crippen LogP contribution in [0.1, 0.15) is 107 Å². The molecule has 14 atom stereocenters. The molecule has 3 aliphatic rings. The van der Waals surface area contributed by atoms with Gasteiger partial charge in [0.05, 0.1) is 38.3 Å². The largest absolute Gasteiger partial charge is 0.508 e. The first kappa shape index (κ1) is 100. The normalized spacial score (nSPS) is 24.6. The summed E-state index contributed by atoms with van der Waals surface area (Å²) in [5.41, 5.74) is 19.6. The highest BCUT2D eigenvalue weighted by Gasteiger charge is 2.45. The molecule has 0 radical (unpaired) electrons. The molecule has 0 saturated carbocycles. The number of H-pyrrole nitrogens is 3. The lowest BCUT2D eigenvalue weighted by Crippen LogP contribution is -2.62. The van der Waals surface area contributed by atoms with Gasteiger partial charge in [0.1, 0.15) is 90.3 Å². The molecule has 3 aromatic carbocycles. The highest BCUT2D eigenvalue weighted by molar-refractivity contribution is 8.00. The summed E-state index contributed by atoms with van der Waals surface area (Å²) in [4.78, 5) is 265. The van der Waals surface area contributed by atoms with Gasteiger partial charge in [-0.05, 0) is 99.7 Å². The molecule has 6 aromatic rings. The highest BCUT2D eigenvalue weighted by Crippen LogP contribution is 2.27. The quantitative estimate of drug-likeness (QED) is 0.0172. The molecular formula is C85H116N24O20S. The van der Waals surface area contributed by atoms with Crippen LogP contribution in [0.2, 0.25) is 0 Å². The Morgan fingerprint density at radius 1 is 0.515 bits per heavy atom. The monoisotopic (exact) mass is 1820 g/mol. The zero-order chi connectivity index (χ0) is 94.7. The Balaban J connectivity index is 1.07. The molecule has 44 nitrogen and oxygen atoms in total. The molecule has 24 N–H and O–H groups in total. The third-order valence-corrected chi connectivity index (χ3v) is 24.2. The van der Waals surface area contributed by atoms with E-state index in [4.69, 9.17) is 22.6 Å². The van der Waals surface area contributed by atoms with Crippen LogP contribution in [0.25, 0.3) is 21.8 Å². The number of rotatable bonds is 22. The molecule has 17 amide bonds. The summed E-state index contributed by atoms with van der Waals surface area (Å²) < 4.78 is 0. The van der Waals surface area contributed by atoms with E-state index in [1.54, 1.807) is 60.9 Å². The number of nitrogens with one attached hydrogen (secondary N) is 15. The van der Waals surface area contributed by atoms with E-state index in [1.807, 2.05) is 6.92 Å². The number of aliphatic hydroxyl groups is 2. The zero-order valence-corrected chi connectivity index (χ0v) is 73.8. The van der Waals surface area contributed by atoms with Crippen LogP contribution in [0.5, 0.6) is 5.75 Å². The molecule has 3 aliphatic heterocycles. The van der Waals surface area contributed by atoms with Gasteiger partial charge < -0.3 is 130 Å². The number of likely N-dealkylation sites (N-methyl/N-ethyl adjacent to an activating group) is 3. The number of carbonyl (C=O) groups excluding carboxylic acids is 17. The SMILES string of the molecule is CCCC[C@H]1C(=O)N(C)[C@@H](C)C(=O)N[C@@H](CCCNC(=N)N)C(=O)NC(C(=O)NCC(N)=O)CSCC(=O)N[C@@H](Cc2ccc(O)cc2)C(=O)N(C)[C@@H](C)C(=O)N[C@@H](CC(N)=O)C(=O)N2CCC[C@H]2C(=O)N[C@@H](Cc2cnc[nH]2)C(=O)N[C@@H](CO)C(=O)N2CCC[C@H]2C(=O)N[C@@H](Cc2c[nH]c3ccccc23)C(=O)N[C@@H](CO)C(=O)N[C@@H](Cc2c[nH]c3ccccc23)C(=O)N1C. The van der Waals surface area contributed by atoms with Gasteiger partial charge in [-0.3, -0.25) is 86.9 Å². The molecule has 702 valence electrons. The van der Waals surface area contributed by atoms with E-state index in [0.29, 0.717) is 51.3 Å². The maximum absolute atomic E-state index is 15.5. The number of thioether (sulfide) groups is 1. The van der Waals surface area contributed by atoms with E-state index in [1.165, 1.54) is 71.8 Å². The Hall–Kier alpha value is -13.7. The molecule has 3 saturated heterocycles. The van der Waals surface area contributed by atoms with Crippen molar-refractivity contribution >= 4 is 140 Å². The number of aromatic hydroxyl groups is 1. The van der Waals surface area contributed by atoms with Gasteiger partial charge in [-0.15, -0.1) is 11.8 Å². The second kappa shape index (κ2) is 47.4. The van der Waals surface area contributed by atoms with Crippen LogP contribution in [0.15, 0.2) is 97.7 Å². The van der Waals surface area contributed by atoms with Gasteiger partial charge in [-0.2, -0.15) is 0 Å². The van der Waals surface area contributed by atoms with Crippen LogP contribution in [0.4, 0.5) is 0 Å². The fraction of sp³-hybridized carbons (Fsp3) is 0.494. The summed E-state index contributed by atoms with van der Waals surface area (Å²) in [5.74, 6) is -18.0. The lowest BCUT2D eigenvalue weighted by Gasteiger charge is -2.35. The fourth-order valence-electron chi connectivity index (χ4n) is 15.6. The van der Waals surface area contributed by atoms with Crippen molar-refractivity contribution < 1.29 is 96.8 Å². The standard InChI is InChI=1S/C85H116N24O20S/c1-7-8-21-67-84(129)106(5)46(3)71(116)97-56(20-13-28-91-85(88)89)74(119)104-64(73(118)94-39-69(87)114)42-130-43-70(115)96-59(31-47-24-26-51(112)27-25-47)80(125)105(4)45(2)72(117)100-61(35-68(86)113)82(127)108-29-14-22-65(108)79(124)99-58(34-50-38-90-44-95-50)76(121)103-63(41-111)83(128)109-30-15-23-66(109)78(123)98-57(32-48-36-92-54-18-11-9-16-52(48)54)75(120)102-62(40-110)77(122)101-60(81(126)107(67)6)33-49-37-93-55-19-12-10-17-53(49)55/h9-12,16-19,24-27,36-38,44-46,56-67,92-93,110-112H,7-8,13-15,20-23,28-35,39-43H2,1-6H3,(H2,86,113)(H2,87,114)(H,90,95)(H,94,118)(H,96,115)(H,97,116)(H,98,123)(H,99,124)(H,100,117)(H,101,122)(H,102,120)(H,103,121)(H,104,119)(H4,88,89,91)/t45-,46-,56-,57-,58-,59-,60-,61-,62-,63-,64?,65-,66-,67-/m0/s1. The smallest absolute Gasteiger partial charge is 0.248 e. The van der Waals surface area contributed by atoms with Crippen molar-refractivity contribution in [2.24, 2.45) is 17.2 Å². The number of carbonyl (C=O) groups is 17. The van der Waals surface area contributed by atoms with Crippen molar-refractivity contribution in [1.82, 2.24) is 103 Å². The number of benzene rings is 3. The number of imidazole rings is 1. The number of aromatic amines is 3. The number of nitrogens with two attached hydrogens (primary N) is 3. The first-order valence-electron chi connectivity index (χ1n) is 42.7. The summed E-state index contributed by atoms with van der Waals surface area (Å²) in [6.45, 7) is 1.27. The van der Waals surface area contributed by atoms with Gasteiger partial charge in [0.25, 0.3) is 0 Å². The van der Waals surface area contributed by atoms with E-state index in [9.17, 15) is 77.6 Å². The van der Waals surface area contributed by atoms with Crippen molar-refractivity contribution in [1.29, 1.82) is 5.41 Å². The molecule has 0 spiro atoms. The van der Waals surface area contributed by atoms with Crippen LogP contribution in [0, 0.1) is 5.41 Å². The number of amides is 17. The number of unbranched alkanes of at least 4 members (excludes halogenated alkanes) is 1. The molecule has 1 unspecified atom stereocenters. The van der Waals surface area contributed by atoms with Crippen molar-refractivity contribution in [3.8, 4) is 5.75 Å². The van der Waals surface area contributed by atoms with Crippen LogP contribution in [0.3, 0.4) is 0 Å². The number of aliphatic hydroxyl groups excluding tert-OH is 2. The van der Waals surface area contributed by atoms with E-state index < -0.39 is 229 Å². The number of primary amides is 2. The predicted octanol–water partition coefficient (Wildman–Crippen LogP) is -5.12. The Labute approximate surface area is 751 Å². The molecule has 6 heterocycles. The topological polar surface area (TPSA) is 662 Å². The summed E-state index contributed by atoms with van der Waals surface area (Å²) in [6.07, 6.45) is 4.76. The van der Waals surface area contributed by atoms with Crippen molar-refractivity contribution in [2.45, 2.75) is 195 Å². The number of para-hydroxylation sites is 2. The van der Waals surface area contributed by atoms with Gasteiger partial charge in [-0.25, -0.2) is 4.98 Å². The Morgan fingerprint density at radius 2 is 1.01 bits per heavy atom. The second-order valence-corrected chi connectivity index (χ2v) is 33.4. The number of hydrogen-bond donors (Lipinski definition) is 21. The van der Waals surface area contributed by atoms with Gasteiger partial charge in [0.15, 0.2) is 5.96 Å². The number of phenols is 1. The molecule has 3 fully saturated rings. The van der Waals surface area contributed by atoms with Crippen LogP contribution >= 0.6 is 11.8 Å². The van der Waals surface area contributed by atoms with Gasteiger partial charge >= 0.3 is 0 Å². The molecule has 9 rings (SSSR count). The lowest BCUT2D eigenvalue weighted by molar-refractivity contribution is -0.149. The van der Waals surface area contributed by atoms with Crippen LogP contribution in [-0.2, 0) is 107 Å². The Kier molecular flexibility index (Phi) is 36.5. The molecule has 130 heavy (non-hydrogen) atoms. The van der Waals surface area contributed by atoms with Crippen molar-refractivity contribution in [2.75, 3.05) is 72.0 Å². The molecular weight excluding hydrogens is 1710 g/mol. The molecule has 45 heteroatoms. The number of fused-ring (bicyclic) bond motifs is 4. The van der Waals surface area contributed by atoms with Crippen molar-refractivity contribution in [3.63, 3.8) is 0 Å². The minimum atomic E-state index is -1.87. The summed E-state index contributed by atoms with van der Waals surface area (Å²) in [5, 5.41) is 69.7. The lowest BCUT2D eigenvalue weighted by atomic mass is 10.0. The number of phenolic OH excluding ortho intramolecular Hbond substituents is 1. The van der Waals surface area contributed by atoms with Crippen LogP contribution in [-0.4, -0.2) is 323 Å². The van der Waals surface area contributed by atoms with Gasteiger partial charge in [0.2, 0.25) is 100 Å². The average Bonchev–Trinajstić information content (AvgIpc) is 1.60. The number of nitrogens with zero attached hydrogens (tertiary/aromatic N) is 6. The second-order valence-electron chi connectivity index (χ2n) is 32.3. The first-order chi connectivity index (χ1) is 62.0. The third kappa shape index (κ3) is 26.9. The minimum absolute atomic E-state index is 0.0161. The summed E-state index contributed by atoms with van der Waals surface area (Å²) in [7, 11) is 3.80. The Bertz CT molecular complexity index is 5090. The Morgan fingerprint density at radius 3 is 1.55 bits per heavy atom. The maximum atomic E-state index is 15.5. The number of aromatic nitrogens is 4. The van der Waals surface area contributed by atoms with Crippen LogP contribution < -0.4 is 75.7 Å². The zero-order valence-electron chi connectivity index (χ0n) is 73.0. The molecule has 0 aliphatic carbocycles. The minimum Gasteiger partial charge on any atom is -0.508 e. The maximum Gasteiger partial charge on any atom is 0.248 e. The molecule has 3 aromatic heterocycles. The predicted molar refractivity (Wildman–Crippen MR) is 472 cm³/mol. The van der Waals surface area contributed by atoms with Gasteiger partial charge in [-0.1, -0.05) is 68.3 Å². The highest BCUT2D eigenvalue weighted by atomic mass is 32.2. The molecule has 0 bridgehead atoms. The summed E-state index contributed by atoms with van der Waals surface area (Å²) in [6, 6.07) is -2.53. The van der Waals surface area contributed by atoms with E-state index >= 15 is 19.2 Å². The third-order valence-electron chi connectivity index (χ3n) is 23.1. The summed E-state index contributed by atoms with van der Waals surface area (Å²) >= 11 is 0.748. The van der Waals surface area contributed by atoms with Gasteiger partial charge in [0, 0.05) is 118 Å². The van der Waals surface area contributed by atoms with E-state index in [0.717, 1.165) is 36.3 Å². The number of hydrogen-bond acceptors (Lipinski definition) is 23. The number of guanidine groups is 1. The average molecular weight is 1830 g/mol. The first-order valence-corrected chi connectivity index (χ1v) is 43.9. The van der Waals surface area contributed by atoms with E-state index in [2.05, 4.69) is 78.4 Å². The van der Waals surface area contributed by atoms with Crippen molar-refractivity contribution in [3.05, 3.63) is 120 Å².